The van der Waals surface area contributed by atoms with Gasteiger partial charge in [-0.05, 0) is 26.2 Å². The van der Waals surface area contributed by atoms with Gasteiger partial charge in [0, 0.05) is 32.2 Å². The van der Waals surface area contributed by atoms with Crippen LogP contribution in [0.5, 0.6) is 0 Å². The van der Waals surface area contributed by atoms with E-state index in [1.165, 1.54) is 11.8 Å². The molecule has 1 rings (SSSR count). The summed E-state index contributed by atoms with van der Waals surface area (Å²) in [5.41, 5.74) is 1.08. The maximum atomic E-state index is 10.6. The van der Waals surface area contributed by atoms with Crippen molar-refractivity contribution in [3.05, 3.63) is 11.9 Å². The fourth-order valence-corrected chi connectivity index (χ4v) is 2.42. The van der Waals surface area contributed by atoms with Crippen molar-refractivity contribution in [2.75, 3.05) is 19.5 Å². The number of rotatable bonds is 9. The number of carboxylic acid groups (broad SMARTS) is 1. The Hall–Kier alpha value is -1.01. The Balaban J connectivity index is 2.42. The number of aliphatic carboxylic acids is 1. The molecular formula is C12H20N2O3S. The Morgan fingerprint density at radius 2 is 2.28 bits per heavy atom. The summed E-state index contributed by atoms with van der Waals surface area (Å²) < 4.78 is 7.09. The highest BCUT2D eigenvalue weighted by Crippen LogP contribution is 2.19. The summed E-state index contributed by atoms with van der Waals surface area (Å²) in [6.45, 7) is 3.67. The van der Waals surface area contributed by atoms with Crippen LogP contribution in [0.15, 0.2) is 11.4 Å². The Labute approximate surface area is 112 Å². The van der Waals surface area contributed by atoms with Gasteiger partial charge in [-0.25, -0.2) is 4.98 Å². The first kappa shape index (κ1) is 15.0. The minimum Gasteiger partial charge on any atom is -0.481 e. The number of methoxy groups -OCH3 is 1. The number of hydrogen-bond donors (Lipinski definition) is 1. The Kier molecular flexibility index (Phi) is 6.82. The number of carbonyl (C=O) groups is 1. The molecule has 0 saturated carbocycles. The zero-order chi connectivity index (χ0) is 13.4. The van der Waals surface area contributed by atoms with Crippen LogP contribution >= 0.6 is 11.8 Å². The molecule has 0 radical (unpaired) electrons. The molecule has 18 heavy (non-hydrogen) atoms. The van der Waals surface area contributed by atoms with Crippen LogP contribution in [0.2, 0.25) is 0 Å². The lowest BCUT2D eigenvalue weighted by molar-refractivity contribution is -0.133. The van der Waals surface area contributed by atoms with E-state index in [1.807, 2.05) is 6.92 Å². The van der Waals surface area contributed by atoms with Crippen LogP contribution in [0.3, 0.4) is 0 Å². The van der Waals surface area contributed by atoms with Gasteiger partial charge in [-0.3, -0.25) is 4.79 Å². The zero-order valence-corrected chi connectivity index (χ0v) is 11.7. The average molecular weight is 272 g/mol. The molecule has 0 fully saturated rings. The molecule has 0 aliphatic rings. The standard InChI is InChI=1S/C12H20N2O3S/c1-10-8-13-12(18-9-11(15)16)14(10)6-4-3-5-7-17-2/h8H,3-7,9H2,1-2H3,(H,15,16). The quantitative estimate of drug-likeness (QED) is 0.551. The fraction of sp³-hybridized carbons (Fsp3) is 0.667. The molecule has 102 valence electrons. The number of hydrogen-bond acceptors (Lipinski definition) is 4. The van der Waals surface area contributed by atoms with Crippen molar-refractivity contribution >= 4 is 17.7 Å². The monoisotopic (exact) mass is 272 g/mol. The van der Waals surface area contributed by atoms with Crippen molar-refractivity contribution in [3.8, 4) is 0 Å². The summed E-state index contributed by atoms with van der Waals surface area (Å²) in [6, 6.07) is 0. The number of aromatic nitrogens is 2. The summed E-state index contributed by atoms with van der Waals surface area (Å²) in [4.78, 5) is 14.8. The first-order chi connectivity index (χ1) is 8.65. The second-order valence-electron chi connectivity index (χ2n) is 4.07. The normalized spacial score (nSPS) is 10.8. The molecule has 6 heteroatoms. The fourth-order valence-electron chi connectivity index (χ4n) is 1.65. The number of thioether (sulfide) groups is 1. The van der Waals surface area contributed by atoms with Gasteiger partial charge in [0.1, 0.15) is 0 Å². The second kappa shape index (κ2) is 8.16. The minimum absolute atomic E-state index is 0.0557. The molecule has 0 unspecified atom stereocenters. The predicted octanol–water partition coefficient (Wildman–Crippen LogP) is 2.18. The van der Waals surface area contributed by atoms with Gasteiger partial charge in [0.25, 0.3) is 0 Å². The summed E-state index contributed by atoms with van der Waals surface area (Å²) in [6.07, 6.45) is 5.01. The van der Waals surface area contributed by atoms with Gasteiger partial charge in [-0.15, -0.1) is 0 Å². The van der Waals surface area contributed by atoms with Crippen LogP contribution in [0, 0.1) is 6.92 Å². The van der Waals surface area contributed by atoms with E-state index >= 15 is 0 Å². The van der Waals surface area contributed by atoms with Crippen LogP contribution in [-0.2, 0) is 16.1 Å². The molecule has 1 aromatic heterocycles. The van der Waals surface area contributed by atoms with Crippen molar-refractivity contribution in [3.63, 3.8) is 0 Å². The molecule has 0 atom stereocenters. The van der Waals surface area contributed by atoms with E-state index in [0.29, 0.717) is 0 Å². The molecule has 0 aromatic carbocycles. The largest absolute Gasteiger partial charge is 0.481 e. The molecular weight excluding hydrogens is 252 g/mol. The maximum Gasteiger partial charge on any atom is 0.313 e. The molecule has 0 spiro atoms. The number of ether oxygens (including phenoxy) is 1. The number of nitrogens with zero attached hydrogens (tertiary/aromatic N) is 2. The molecule has 1 N–H and O–H groups in total. The van der Waals surface area contributed by atoms with E-state index in [0.717, 1.165) is 43.3 Å². The van der Waals surface area contributed by atoms with Crippen LogP contribution in [0.25, 0.3) is 0 Å². The van der Waals surface area contributed by atoms with Crippen LogP contribution < -0.4 is 0 Å². The van der Waals surface area contributed by atoms with E-state index in [9.17, 15) is 4.79 Å². The molecule has 1 aromatic rings. The zero-order valence-electron chi connectivity index (χ0n) is 10.9. The van der Waals surface area contributed by atoms with Gasteiger partial charge in [0.05, 0.1) is 5.75 Å². The summed E-state index contributed by atoms with van der Waals surface area (Å²) >= 11 is 1.27. The summed E-state index contributed by atoms with van der Waals surface area (Å²) in [7, 11) is 1.71. The number of aryl methyl sites for hydroxylation is 1. The van der Waals surface area contributed by atoms with Crippen molar-refractivity contribution in [1.82, 2.24) is 9.55 Å². The van der Waals surface area contributed by atoms with Crippen LogP contribution in [-0.4, -0.2) is 40.1 Å². The lowest BCUT2D eigenvalue weighted by Crippen LogP contribution is -2.05. The Morgan fingerprint density at radius 1 is 1.50 bits per heavy atom. The van der Waals surface area contributed by atoms with Crippen molar-refractivity contribution < 1.29 is 14.6 Å². The highest BCUT2D eigenvalue weighted by Gasteiger charge is 2.09. The van der Waals surface area contributed by atoms with Gasteiger partial charge in [-0.1, -0.05) is 11.8 Å². The lowest BCUT2D eigenvalue weighted by Gasteiger charge is -2.08. The van der Waals surface area contributed by atoms with Crippen molar-refractivity contribution in [2.45, 2.75) is 37.9 Å². The lowest BCUT2D eigenvalue weighted by atomic mass is 10.2. The summed E-state index contributed by atoms with van der Waals surface area (Å²) in [5.74, 6) is -0.757. The minimum atomic E-state index is -0.813. The summed E-state index contributed by atoms with van der Waals surface area (Å²) in [5, 5.41) is 9.47. The molecule has 5 nitrogen and oxygen atoms in total. The highest BCUT2D eigenvalue weighted by molar-refractivity contribution is 7.99. The van der Waals surface area contributed by atoms with Gasteiger partial charge >= 0.3 is 5.97 Å². The molecule has 0 amide bonds. The molecule has 0 aliphatic carbocycles. The highest BCUT2D eigenvalue weighted by atomic mass is 32.2. The number of unbranched alkanes of at least 4 members (excludes halogenated alkanes) is 2. The Bertz CT molecular complexity index is 379. The van der Waals surface area contributed by atoms with Crippen molar-refractivity contribution in [2.24, 2.45) is 0 Å². The predicted molar refractivity (Wildman–Crippen MR) is 71.1 cm³/mol. The third-order valence-corrected chi connectivity index (χ3v) is 3.55. The van der Waals surface area contributed by atoms with Gasteiger partial charge < -0.3 is 14.4 Å². The van der Waals surface area contributed by atoms with E-state index in [2.05, 4.69) is 9.55 Å². The number of imidazole rings is 1. The molecule has 0 aliphatic heterocycles. The first-order valence-electron chi connectivity index (χ1n) is 6.00. The topological polar surface area (TPSA) is 64.4 Å². The van der Waals surface area contributed by atoms with Gasteiger partial charge in [0.2, 0.25) is 0 Å². The van der Waals surface area contributed by atoms with E-state index < -0.39 is 5.97 Å². The van der Waals surface area contributed by atoms with Crippen LogP contribution in [0.1, 0.15) is 25.0 Å². The molecule has 0 saturated heterocycles. The Morgan fingerprint density at radius 3 is 2.94 bits per heavy atom. The van der Waals surface area contributed by atoms with E-state index in [4.69, 9.17) is 9.84 Å². The first-order valence-corrected chi connectivity index (χ1v) is 6.99. The SMILES string of the molecule is COCCCCCn1c(C)cnc1SCC(=O)O. The van der Waals surface area contributed by atoms with Gasteiger partial charge in [-0.2, -0.15) is 0 Å². The maximum absolute atomic E-state index is 10.6. The van der Waals surface area contributed by atoms with E-state index in [-0.39, 0.29) is 5.75 Å². The number of carboxylic acids is 1. The molecule has 0 bridgehead atoms. The second-order valence-corrected chi connectivity index (χ2v) is 5.01. The molecule has 1 heterocycles. The third-order valence-electron chi connectivity index (χ3n) is 2.57. The van der Waals surface area contributed by atoms with Crippen molar-refractivity contribution in [1.29, 1.82) is 0 Å². The average Bonchev–Trinajstić information content (AvgIpc) is 2.68. The smallest absolute Gasteiger partial charge is 0.313 e. The third kappa shape index (κ3) is 5.10. The van der Waals surface area contributed by atoms with Gasteiger partial charge in [0.15, 0.2) is 5.16 Å². The van der Waals surface area contributed by atoms with Crippen LogP contribution in [0.4, 0.5) is 0 Å². The van der Waals surface area contributed by atoms with E-state index in [1.54, 1.807) is 13.3 Å².